The van der Waals surface area contributed by atoms with E-state index in [0.717, 1.165) is 12.8 Å². The smallest absolute Gasteiger partial charge is 0.276 e. The molecular weight excluding hydrogens is 250 g/mol. The first-order valence-electron chi connectivity index (χ1n) is 6.63. The Morgan fingerprint density at radius 3 is 2.78 bits per heavy atom. The van der Waals surface area contributed by atoms with Gasteiger partial charge in [0.1, 0.15) is 0 Å². The van der Waals surface area contributed by atoms with E-state index in [2.05, 4.69) is 6.92 Å². The van der Waals surface area contributed by atoms with Crippen molar-refractivity contribution in [3.8, 4) is 0 Å². The van der Waals surface area contributed by atoms with Crippen LogP contribution in [0.4, 0.5) is 0 Å². The second kappa shape index (κ2) is 4.10. The average molecular weight is 269 g/mol. The molecule has 1 aromatic rings. The predicted molar refractivity (Wildman–Crippen MR) is 67.6 cm³/mol. The van der Waals surface area contributed by atoms with Gasteiger partial charge in [0.15, 0.2) is 0 Å². The van der Waals surface area contributed by atoms with Gasteiger partial charge in [-0.3, -0.25) is 0 Å². The Morgan fingerprint density at radius 2 is 2.28 bits per heavy atom. The maximum atomic E-state index is 12.5. The highest BCUT2D eigenvalue weighted by atomic mass is 32.2. The lowest BCUT2D eigenvalue weighted by Crippen LogP contribution is -2.37. The molecule has 1 aliphatic carbocycles. The summed E-state index contributed by atoms with van der Waals surface area (Å²) >= 11 is 0. The molecule has 1 aromatic heterocycles. The van der Waals surface area contributed by atoms with Crippen molar-refractivity contribution >= 4 is 10.0 Å². The molecule has 4 nitrogen and oxygen atoms in total. The van der Waals surface area contributed by atoms with Crippen molar-refractivity contribution in [3.63, 3.8) is 0 Å². The number of rotatable bonds is 3. The van der Waals surface area contributed by atoms with Gasteiger partial charge in [-0.1, -0.05) is 13.3 Å². The quantitative estimate of drug-likeness (QED) is 0.847. The molecule has 100 valence electrons. The average Bonchev–Trinajstić information content (AvgIpc) is 2.95. The van der Waals surface area contributed by atoms with Crippen LogP contribution < -0.4 is 0 Å². The van der Waals surface area contributed by atoms with E-state index in [1.807, 2.05) is 0 Å². The first-order chi connectivity index (χ1) is 8.57. The van der Waals surface area contributed by atoms with E-state index in [-0.39, 0.29) is 16.5 Å². The lowest BCUT2D eigenvalue weighted by molar-refractivity contribution is 0.152. The zero-order valence-electron chi connectivity index (χ0n) is 10.6. The van der Waals surface area contributed by atoms with Crippen molar-refractivity contribution in [2.24, 2.45) is 5.41 Å². The molecular formula is C13H19NO3S. The van der Waals surface area contributed by atoms with E-state index in [1.165, 1.54) is 31.6 Å². The molecule has 1 saturated heterocycles. The summed E-state index contributed by atoms with van der Waals surface area (Å²) in [7, 11) is -3.44. The molecule has 2 fully saturated rings. The van der Waals surface area contributed by atoms with Crippen molar-refractivity contribution in [1.82, 2.24) is 4.31 Å². The van der Waals surface area contributed by atoms with Gasteiger partial charge >= 0.3 is 0 Å². The van der Waals surface area contributed by atoms with Gasteiger partial charge in [-0.15, -0.1) is 0 Å². The minimum absolute atomic E-state index is 0.0809. The van der Waals surface area contributed by atoms with Crippen LogP contribution in [0, 0.1) is 5.41 Å². The molecule has 0 radical (unpaired) electrons. The number of hydrogen-bond donors (Lipinski definition) is 0. The fraction of sp³-hybridized carbons (Fsp3) is 0.692. The fourth-order valence-corrected chi connectivity index (χ4v) is 5.04. The van der Waals surface area contributed by atoms with Crippen LogP contribution in [0.5, 0.6) is 0 Å². The minimum Gasteiger partial charge on any atom is -0.452 e. The molecule has 1 saturated carbocycles. The highest BCUT2D eigenvalue weighted by Crippen LogP contribution is 2.52. The number of sulfonamides is 1. The summed E-state index contributed by atoms with van der Waals surface area (Å²) in [6, 6.07) is 3.30. The first kappa shape index (κ1) is 12.2. The lowest BCUT2D eigenvalue weighted by Gasteiger charge is -2.37. The number of furan rings is 1. The van der Waals surface area contributed by atoms with Crippen LogP contribution in [0.2, 0.25) is 0 Å². The summed E-state index contributed by atoms with van der Waals surface area (Å²) in [5.74, 6) is 0. The molecule has 0 amide bonds. The van der Waals surface area contributed by atoms with Crippen LogP contribution in [0.3, 0.4) is 0 Å². The van der Waals surface area contributed by atoms with Gasteiger partial charge in [-0.2, -0.15) is 4.31 Å². The predicted octanol–water partition coefficient (Wildman–Crippen LogP) is 2.62. The van der Waals surface area contributed by atoms with E-state index < -0.39 is 10.0 Å². The van der Waals surface area contributed by atoms with Gasteiger partial charge in [0.2, 0.25) is 5.09 Å². The Kier molecular flexibility index (Phi) is 2.79. The monoisotopic (exact) mass is 269 g/mol. The van der Waals surface area contributed by atoms with Crippen molar-refractivity contribution in [3.05, 3.63) is 18.4 Å². The van der Waals surface area contributed by atoms with Crippen LogP contribution in [-0.2, 0) is 10.0 Å². The Hall–Kier alpha value is -0.810. The third-order valence-electron chi connectivity index (χ3n) is 4.51. The third-order valence-corrected chi connectivity index (χ3v) is 6.30. The molecule has 1 spiro atoms. The van der Waals surface area contributed by atoms with Crippen LogP contribution in [0.15, 0.2) is 27.9 Å². The summed E-state index contributed by atoms with van der Waals surface area (Å²) in [5, 5.41) is 0.0809. The summed E-state index contributed by atoms with van der Waals surface area (Å²) in [4.78, 5) is 0. The maximum Gasteiger partial charge on any atom is 0.276 e. The first-order valence-corrected chi connectivity index (χ1v) is 8.07. The van der Waals surface area contributed by atoms with E-state index in [0.29, 0.717) is 6.54 Å². The normalized spacial score (nSPS) is 27.5. The zero-order valence-corrected chi connectivity index (χ0v) is 11.4. The highest BCUT2D eigenvalue weighted by molar-refractivity contribution is 7.89. The zero-order chi connectivity index (χ0) is 12.8. The maximum absolute atomic E-state index is 12.5. The standard InChI is InChI=1S/C13H19NO3S/c1-2-11-9-13(6-4-7-13)10-14(11)18(15,16)12-5-3-8-17-12/h3,5,8,11H,2,4,6-7,9-10H2,1H3. The molecule has 0 aromatic carbocycles. The lowest BCUT2D eigenvalue weighted by atomic mass is 9.67. The molecule has 0 bridgehead atoms. The van der Waals surface area contributed by atoms with Crippen molar-refractivity contribution in [2.75, 3.05) is 6.54 Å². The SMILES string of the molecule is CCC1CC2(CCC2)CN1S(=O)(=O)c1ccco1. The Bertz CT molecular complexity index is 516. The molecule has 1 unspecified atom stereocenters. The molecule has 2 aliphatic rings. The molecule has 18 heavy (non-hydrogen) atoms. The largest absolute Gasteiger partial charge is 0.452 e. The number of hydrogen-bond acceptors (Lipinski definition) is 3. The van der Waals surface area contributed by atoms with Crippen LogP contribution >= 0.6 is 0 Å². The van der Waals surface area contributed by atoms with E-state index in [1.54, 1.807) is 10.4 Å². The van der Waals surface area contributed by atoms with Crippen molar-refractivity contribution in [2.45, 2.75) is 50.2 Å². The topological polar surface area (TPSA) is 50.5 Å². The van der Waals surface area contributed by atoms with Crippen LogP contribution in [0.25, 0.3) is 0 Å². The van der Waals surface area contributed by atoms with E-state index in [4.69, 9.17) is 4.42 Å². The molecule has 0 N–H and O–H groups in total. The van der Waals surface area contributed by atoms with Gasteiger partial charge in [0.25, 0.3) is 10.0 Å². The van der Waals surface area contributed by atoms with E-state index in [9.17, 15) is 8.42 Å². The molecule has 1 aliphatic heterocycles. The Morgan fingerprint density at radius 1 is 1.50 bits per heavy atom. The van der Waals surface area contributed by atoms with E-state index >= 15 is 0 Å². The van der Waals surface area contributed by atoms with Gasteiger partial charge in [0.05, 0.1) is 6.26 Å². The van der Waals surface area contributed by atoms with Crippen LogP contribution in [-0.4, -0.2) is 25.3 Å². The summed E-state index contributed by atoms with van der Waals surface area (Å²) in [6.07, 6.45) is 6.90. The molecule has 3 rings (SSSR count). The second-order valence-electron chi connectivity index (χ2n) is 5.60. The summed E-state index contributed by atoms with van der Waals surface area (Å²) in [6.45, 7) is 2.74. The Labute approximate surface area is 108 Å². The highest BCUT2D eigenvalue weighted by Gasteiger charge is 2.51. The van der Waals surface area contributed by atoms with Gasteiger partial charge in [0, 0.05) is 12.6 Å². The van der Waals surface area contributed by atoms with Gasteiger partial charge in [-0.05, 0) is 43.2 Å². The van der Waals surface area contributed by atoms with Crippen LogP contribution in [0.1, 0.15) is 39.0 Å². The molecule has 5 heteroatoms. The molecule has 2 heterocycles. The second-order valence-corrected chi connectivity index (χ2v) is 7.42. The summed E-state index contributed by atoms with van der Waals surface area (Å²) in [5.41, 5.74) is 0.264. The van der Waals surface area contributed by atoms with Gasteiger partial charge in [-0.25, -0.2) is 8.42 Å². The molecule has 1 atom stereocenters. The Balaban J connectivity index is 1.91. The van der Waals surface area contributed by atoms with Crippen molar-refractivity contribution < 1.29 is 12.8 Å². The van der Waals surface area contributed by atoms with Gasteiger partial charge < -0.3 is 4.42 Å². The third kappa shape index (κ3) is 1.72. The minimum atomic E-state index is -3.44. The van der Waals surface area contributed by atoms with Crippen molar-refractivity contribution in [1.29, 1.82) is 0 Å². The fourth-order valence-electron chi connectivity index (χ4n) is 3.32. The summed E-state index contributed by atoms with van der Waals surface area (Å²) < 4.78 is 31.8. The number of nitrogens with zero attached hydrogens (tertiary/aromatic N) is 1.